The molecule has 21 nitrogen and oxygen atoms in total. The maximum Gasteiger partial charge on any atom is 0.248 e. The fourth-order valence-corrected chi connectivity index (χ4v) is 11.9. The molecule has 4 aliphatic rings. The number of rotatable bonds is 12. The molecule has 0 spiro atoms. The van der Waals surface area contributed by atoms with Gasteiger partial charge in [0.05, 0.1) is 5.75 Å². The Morgan fingerprint density at radius 3 is 1.89 bits per heavy atom. The van der Waals surface area contributed by atoms with Crippen molar-refractivity contribution in [1.82, 2.24) is 40.9 Å². The quantitative estimate of drug-likeness (QED) is 0.123. The van der Waals surface area contributed by atoms with E-state index in [4.69, 9.17) is 17.2 Å². The molecule has 22 heteroatoms. The maximum atomic E-state index is 15.2. The lowest BCUT2D eigenvalue weighted by Crippen LogP contribution is -2.61. The first-order valence-electron chi connectivity index (χ1n) is 27.3. The molecule has 0 radical (unpaired) electrons. The second-order valence-corrected chi connectivity index (χ2v) is 22.4. The van der Waals surface area contributed by atoms with E-state index < -0.39 is 107 Å². The molecule has 3 fully saturated rings. The van der Waals surface area contributed by atoms with Crippen molar-refractivity contribution in [2.45, 2.75) is 139 Å². The molecule has 4 aliphatic heterocycles. The van der Waals surface area contributed by atoms with Gasteiger partial charge in [-0.15, -0.1) is 11.8 Å². The number of likely N-dealkylation sites (N-methyl/N-ethyl adjacent to an activating group) is 1. The topological polar surface area (TPSA) is 310 Å². The third kappa shape index (κ3) is 15.1. The number of primary amides is 2. The second kappa shape index (κ2) is 27.5. The zero-order valence-electron chi connectivity index (χ0n) is 45.2. The van der Waals surface area contributed by atoms with E-state index in [0.717, 1.165) is 28.5 Å². The highest BCUT2D eigenvalue weighted by molar-refractivity contribution is 8.00. The Bertz CT molecular complexity index is 2730. The first kappa shape index (κ1) is 59.3. The predicted molar refractivity (Wildman–Crippen MR) is 296 cm³/mol. The van der Waals surface area contributed by atoms with Crippen molar-refractivity contribution in [3.63, 3.8) is 0 Å². The van der Waals surface area contributed by atoms with E-state index >= 15 is 4.79 Å². The second-order valence-electron chi connectivity index (χ2n) is 21.4. The van der Waals surface area contributed by atoms with Crippen molar-refractivity contribution in [1.29, 1.82) is 0 Å². The van der Waals surface area contributed by atoms with E-state index in [1.54, 1.807) is 12.1 Å². The molecule has 0 saturated carbocycles. The van der Waals surface area contributed by atoms with Crippen LogP contribution in [0.3, 0.4) is 0 Å². The lowest BCUT2D eigenvalue weighted by atomic mass is 9.92. The summed E-state index contributed by atoms with van der Waals surface area (Å²) in [5, 5.41) is 11.4. The maximum absolute atomic E-state index is 15.2. The Hall–Kier alpha value is -7.33. The zero-order chi connectivity index (χ0) is 56.9. The monoisotopic (exact) mass is 1110 g/mol. The number of benzene rings is 3. The van der Waals surface area contributed by atoms with Crippen molar-refractivity contribution in [3.8, 4) is 0 Å². The highest BCUT2D eigenvalue weighted by Gasteiger charge is 2.46. The van der Waals surface area contributed by atoms with Crippen LogP contribution in [0.25, 0.3) is 0 Å². The lowest BCUT2D eigenvalue weighted by molar-refractivity contribution is -0.150. The first-order valence-corrected chi connectivity index (χ1v) is 28.5. The summed E-state index contributed by atoms with van der Waals surface area (Å²) < 4.78 is 0. The van der Waals surface area contributed by atoms with E-state index in [0.29, 0.717) is 37.8 Å². The molecular weight excluding hydrogens is 1030 g/mol. The number of hydrogen-bond acceptors (Lipinski definition) is 12. The third-order valence-electron chi connectivity index (χ3n) is 15.3. The molecule has 4 heterocycles. The summed E-state index contributed by atoms with van der Waals surface area (Å²) in [5.74, 6) is -6.82. The number of nitrogens with two attached hydrogens (primary N) is 3. The van der Waals surface area contributed by atoms with Crippen LogP contribution in [0.1, 0.15) is 97.8 Å². The van der Waals surface area contributed by atoms with Gasteiger partial charge in [-0.3, -0.25) is 47.9 Å². The number of carbonyl (C=O) groups excluding carboxylic acids is 10. The number of nitrogens with zero attached hydrogens (tertiary/aromatic N) is 4. The third-order valence-corrected chi connectivity index (χ3v) is 16.3. The fourth-order valence-electron chi connectivity index (χ4n) is 10.9. The number of amides is 10. The van der Waals surface area contributed by atoms with Crippen molar-refractivity contribution in [3.05, 3.63) is 107 Å². The normalized spacial score (nSPS) is 25.3. The molecule has 3 saturated heterocycles. The van der Waals surface area contributed by atoms with Crippen molar-refractivity contribution in [2.24, 2.45) is 23.1 Å². The smallest absolute Gasteiger partial charge is 0.248 e. The van der Waals surface area contributed by atoms with E-state index in [-0.39, 0.29) is 87.6 Å². The molecule has 79 heavy (non-hydrogen) atoms. The van der Waals surface area contributed by atoms with Crippen LogP contribution in [0.2, 0.25) is 0 Å². The predicted octanol–water partition coefficient (Wildman–Crippen LogP) is 0.680. The highest BCUT2D eigenvalue weighted by Crippen LogP contribution is 2.30. The largest absolute Gasteiger partial charge is 0.368 e. The summed E-state index contributed by atoms with van der Waals surface area (Å²) in [6.45, 7) is 4.50. The van der Waals surface area contributed by atoms with Gasteiger partial charge in [-0.25, -0.2) is 0 Å². The molecule has 10 N–H and O–H groups in total. The molecule has 0 aliphatic carbocycles. The van der Waals surface area contributed by atoms with Gasteiger partial charge in [0.2, 0.25) is 59.1 Å². The first-order chi connectivity index (χ1) is 37.8. The number of carbonyl (C=O) groups is 10. The summed E-state index contributed by atoms with van der Waals surface area (Å²) in [4.78, 5) is 148. The molecular formula is C57H75N11O10S. The highest BCUT2D eigenvalue weighted by atomic mass is 32.2. The summed E-state index contributed by atoms with van der Waals surface area (Å²) in [5.41, 5.74) is 20.3. The van der Waals surface area contributed by atoms with Gasteiger partial charge in [-0.2, -0.15) is 0 Å². The minimum absolute atomic E-state index is 0.00376. The fraction of sp³-hybridized carbons (Fsp3) is 0.509. The molecule has 10 amide bonds. The standard InChI is InChI=1S/C57H75N11O10S/c1-34(2)27-41-51(72)61-40(17-9-10-24-58)55(76)67-26-12-19-45(67)56(77)68-31-39-16-8-7-15-38(39)30-46(68)54(75)63-42(28-36-20-22-37(23-21-36)49(59)70)52(73)64-43(50(60)71)32-79-33-48(69)65(3)47(29-35-13-5-4-6-14-35)57(78)66-25-11-18-44(66)53(74)62-41/h4-8,13-16,20-23,34,40-47H,9-12,17-19,24-33,58H2,1-3H3,(H2,59,70)(H2,60,71)(H,61,72)(H,62,74)(H,63,75)(H,64,73)/t40-,41-,42-,43-,44-,45-,46-,47-/m0/s1. The van der Waals surface area contributed by atoms with Gasteiger partial charge < -0.3 is 58.1 Å². The SMILES string of the molecule is CC(C)C[C@@H]1NC(=O)[C@@H]2CCCN2C(=O)[C@H](Cc2ccccc2)N(C)C(=O)CSC[C@@H](C(N)=O)NC(=O)[C@H](Cc2ccc(C(N)=O)cc2)NC(=O)[C@@H]2Cc3ccccc3CN2C(=O)[C@@H]2CCCN2C(=O)[C@H](CCCCN)NC1=O. The van der Waals surface area contributed by atoms with Gasteiger partial charge in [0, 0.05) is 57.3 Å². The molecule has 0 aromatic heterocycles. The molecule has 3 aromatic rings. The minimum atomic E-state index is -1.38. The van der Waals surface area contributed by atoms with Gasteiger partial charge >= 0.3 is 0 Å². The van der Waals surface area contributed by atoms with Crippen LogP contribution in [0.4, 0.5) is 0 Å². The Morgan fingerprint density at radius 1 is 0.633 bits per heavy atom. The van der Waals surface area contributed by atoms with Gasteiger partial charge in [-0.05, 0) is 98.2 Å². The van der Waals surface area contributed by atoms with Gasteiger partial charge in [0.1, 0.15) is 48.3 Å². The molecule has 7 rings (SSSR count). The minimum Gasteiger partial charge on any atom is -0.368 e. The van der Waals surface area contributed by atoms with Crippen molar-refractivity contribution in [2.75, 3.05) is 38.2 Å². The van der Waals surface area contributed by atoms with Crippen molar-refractivity contribution >= 4 is 70.8 Å². The van der Waals surface area contributed by atoms with E-state index in [1.807, 2.05) is 68.4 Å². The molecule has 0 unspecified atom stereocenters. The van der Waals surface area contributed by atoms with Gasteiger partial charge in [0.15, 0.2) is 0 Å². The summed E-state index contributed by atoms with van der Waals surface area (Å²) in [6.07, 6.45) is 2.83. The summed E-state index contributed by atoms with van der Waals surface area (Å²) in [7, 11) is 1.49. The summed E-state index contributed by atoms with van der Waals surface area (Å²) >= 11 is 0.992. The molecule has 0 bridgehead atoms. The lowest BCUT2D eigenvalue weighted by Gasteiger charge is -2.40. The average Bonchev–Trinajstić information content (AvgIpc) is 4.19. The molecule has 8 atom stereocenters. The number of nitrogens with one attached hydrogen (secondary N) is 4. The Morgan fingerprint density at radius 2 is 1.23 bits per heavy atom. The van der Waals surface area contributed by atoms with Crippen LogP contribution in [0.15, 0.2) is 78.9 Å². The van der Waals surface area contributed by atoms with Crippen LogP contribution >= 0.6 is 11.8 Å². The molecule has 424 valence electrons. The van der Waals surface area contributed by atoms with Gasteiger partial charge in [-0.1, -0.05) is 80.6 Å². The number of fused-ring (bicyclic) bond motifs is 4. The van der Waals surface area contributed by atoms with Crippen LogP contribution in [0.5, 0.6) is 0 Å². The van der Waals surface area contributed by atoms with Crippen LogP contribution in [-0.2, 0) is 69.0 Å². The molecule has 3 aromatic carbocycles. The van der Waals surface area contributed by atoms with E-state index in [2.05, 4.69) is 21.3 Å². The number of thioether (sulfide) groups is 1. The number of unbranched alkanes of at least 4 members (excludes halogenated alkanes) is 1. The van der Waals surface area contributed by atoms with Crippen LogP contribution in [0, 0.1) is 5.92 Å². The van der Waals surface area contributed by atoms with Crippen LogP contribution in [-0.4, -0.2) is 165 Å². The Balaban J connectivity index is 1.27. The van der Waals surface area contributed by atoms with E-state index in [9.17, 15) is 43.2 Å². The Kier molecular flexibility index (Phi) is 20.7. The van der Waals surface area contributed by atoms with Crippen molar-refractivity contribution < 1.29 is 47.9 Å². The number of hydrogen-bond donors (Lipinski definition) is 7. The average molecular weight is 1110 g/mol. The van der Waals surface area contributed by atoms with Gasteiger partial charge in [0.25, 0.3) is 0 Å². The zero-order valence-corrected chi connectivity index (χ0v) is 46.1. The Labute approximate surface area is 465 Å². The van der Waals surface area contributed by atoms with Crippen LogP contribution < -0.4 is 38.5 Å². The summed E-state index contributed by atoms with van der Waals surface area (Å²) in [6, 6.07) is 13.3. The van der Waals surface area contributed by atoms with E-state index in [1.165, 1.54) is 38.8 Å².